The molecule has 0 heterocycles. The Morgan fingerprint density at radius 1 is 1.26 bits per heavy atom. The van der Waals surface area contributed by atoms with Gasteiger partial charge in [0.2, 0.25) is 0 Å². The molecule has 0 saturated heterocycles. The van der Waals surface area contributed by atoms with Gasteiger partial charge in [-0.25, -0.2) is 4.39 Å². The lowest BCUT2D eigenvalue weighted by Crippen LogP contribution is -2.40. The number of benzene rings is 2. The van der Waals surface area contributed by atoms with E-state index >= 15 is 0 Å². The van der Waals surface area contributed by atoms with E-state index in [-0.39, 0.29) is 11.7 Å². The first-order valence-corrected chi connectivity index (χ1v) is 7.83. The van der Waals surface area contributed by atoms with Crippen LogP contribution in [0.15, 0.2) is 48.5 Å². The van der Waals surface area contributed by atoms with E-state index in [0.29, 0.717) is 23.9 Å². The van der Waals surface area contributed by atoms with Crippen LogP contribution >= 0.6 is 11.6 Å². The van der Waals surface area contributed by atoms with Gasteiger partial charge < -0.3 is 9.64 Å². The Morgan fingerprint density at radius 2 is 1.96 bits per heavy atom. The highest BCUT2D eigenvalue weighted by atomic mass is 35.5. The van der Waals surface area contributed by atoms with E-state index in [1.165, 1.54) is 12.1 Å². The van der Waals surface area contributed by atoms with Crippen LogP contribution in [0.2, 0.25) is 5.02 Å². The fourth-order valence-electron chi connectivity index (χ4n) is 2.23. The lowest BCUT2D eigenvalue weighted by atomic mass is 10.2. The average Bonchev–Trinajstić information content (AvgIpc) is 2.54. The second-order valence-corrected chi connectivity index (χ2v) is 5.63. The zero-order valence-electron chi connectivity index (χ0n) is 13.1. The van der Waals surface area contributed by atoms with Gasteiger partial charge in [-0.15, -0.1) is 0 Å². The average molecular weight is 336 g/mol. The van der Waals surface area contributed by atoms with Crippen molar-refractivity contribution in [2.45, 2.75) is 26.5 Å². The van der Waals surface area contributed by atoms with Gasteiger partial charge >= 0.3 is 0 Å². The molecule has 0 aliphatic rings. The SMILES string of the molecule is CCN(Cc1cccc(F)c1)C(=O)C(C)Oc1ccc(Cl)cc1. The van der Waals surface area contributed by atoms with Crippen molar-refractivity contribution < 1.29 is 13.9 Å². The molecule has 0 fully saturated rings. The van der Waals surface area contributed by atoms with Gasteiger partial charge in [-0.3, -0.25) is 4.79 Å². The van der Waals surface area contributed by atoms with Crippen LogP contribution in [0.1, 0.15) is 19.4 Å². The number of amides is 1. The maximum Gasteiger partial charge on any atom is 0.263 e. The molecule has 0 saturated carbocycles. The maximum atomic E-state index is 13.3. The summed E-state index contributed by atoms with van der Waals surface area (Å²) in [5.41, 5.74) is 0.749. The molecule has 2 aromatic carbocycles. The molecule has 0 N–H and O–H groups in total. The Labute approximate surface area is 140 Å². The monoisotopic (exact) mass is 335 g/mol. The third kappa shape index (κ3) is 4.96. The van der Waals surface area contributed by atoms with Crippen LogP contribution in [0.25, 0.3) is 0 Å². The molecule has 23 heavy (non-hydrogen) atoms. The Morgan fingerprint density at radius 3 is 2.57 bits per heavy atom. The maximum absolute atomic E-state index is 13.3. The molecule has 2 aromatic rings. The van der Waals surface area contributed by atoms with E-state index in [9.17, 15) is 9.18 Å². The number of carbonyl (C=O) groups excluding carboxylic acids is 1. The quantitative estimate of drug-likeness (QED) is 0.788. The van der Waals surface area contributed by atoms with Crippen molar-refractivity contribution in [3.05, 3.63) is 64.9 Å². The Kier molecular flexibility index (Phi) is 5.99. The van der Waals surface area contributed by atoms with E-state index in [2.05, 4.69) is 0 Å². The van der Waals surface area contributed by atoms with Crippen LogP contribution in [-0.2, 0) is 11.3 Å². The minimum atomic E-state index is -0.635. The van der Waals surface area contributed by atoms with Gasteiger partial charge in [0, 0.05) is 18.1 Å². The van der Waals surface area contributed by atoms with Crippen LogP contribution in [0.5, 0.6) is 5.75 Å². The number of hydrogen-bond donors (Lipinski definition) is 0. The summed E-state index contributed by atoms with van der Waals surface area (Å²) >= 11 is 5.83. The summed E-state index contributed by atoms with van der Waals surface area (Å²) in [5.74, 6) is 0.125. The standard InChI is InChI=1S/C18H19ClFNO2/c1-3-21(12-14-5-4-6-16(20)11-14)18(22)13(2)23-17-9-7-15(19)8-10-17/h4-11,13H,3,12H2,1-2H3. The molecule has 1 unspecified atom stereocenters. The summed E-state index contributed by atoms with van der Waals surface area (Å²) in [4.78, 5) is 14.2. The Balaban J connectivity index is 2.02. The number of hydrogen-bond acceptors (Lipinski definition) is 2. The summed E-state index contributed by atoms with van der Waals surface area (Å²) in [7, 11) is 0. The van der Waals surface area contributed by atoms with Crippen LogP contribution < -0.4 is 4.74 Å². The van der Waals surface area contributed by atoms with Crippen molar-refractivity contribution in [1.82, 2.24) is 4.90 Å². The number of halogens is 2. The van der Waals surface area contributed by atoms with Gasteiger partial charge in [0.1, 0.15) is 11.6 Å². The van der Waals surface area contributed by atoms with Crippen LogP contribution in [0, 0.1) is 5.82 Å². The third-order valence-corrected chi connectivity index (χ3v) is 3.68. The molecule has 5 heteroatoms. The van der Waals surface area contributed by atoms with E-state index in [4.69, 9.17) is 16.3 Å². The molecular formula is C18H19ClFNO2. The van der Waals surface area contributed by atoms with Gasteiger partial charge in [0.15, 0.2) is 6.10 Å². The first kappa shape index (κ1) is 17.3. The van der Waals surface area contributed by atoms with Crippen molar-refractivity contribution >= 4 is 17.5 Å². The number of carbonyl (C=O) groups is 1. The van der Waals surface area contributed by atoms with Crippen molar-refractivity contribution in [3.63, 3.8) is 0 Å². The smallest absolute Gasteiger partial charge is 0.263 e. The molecule has 1 amide bonds. The van der Waals surface area contributed by atoms with Crippen molar-refractivity contribution in [1.29, 1.82) is 0 Å². The van der Waals surface area contributed by atoms with Crippen LogP contribution in [0.4, 0.5) is 4.39 Å². The van der Waals surface area contributed by atoms with Crippen molar-refractivity contribution in [2.75, 3.05) is 6.54 Å². The van der Waals surface area contributed by atoms with E-state index in [0.717, 1.165) is 5.56 Å². The molecule has 0 aliphatic heterocycles. The van der Waals surface area contributed by atoms with Gasteiger partial charge in [0.05, 0.1) is 0 Å². The largest absolute Gasteiger partial charge is 0.481 e. The zero-order chi connectivity index (χ0) is 16.8. The molecule has 0 spiro atoms. The molecule has 122 valence electrons. The summed E-state index contributed by atoms with van der Waals surface area (Å²) in [6.07, 6.45) is -0.635. The summed E-state index contributed by atoms with van der Waals surface area (Å²) in [6.45, 7) is 4.45. The summed E-state index contributed by atoms with van der Waals surface area (Å²) in [6, 6.07) is 13.1. The van der Waals surface area contributed by atoms with Gasteiger partial charge in [-0.05, 0) is 55.8 Å². The molecule has 2 rings (SSSR count). The lowest BCUT2D eigenvalue weighted by molar-refractivity contribution is -0.138. The number of likely N-dealkylation sites (N-methyl/N-ethyl adjacent to an activating group) is 1. The van der Waals surface area contributed by atoms with Gasteiger partial charge in [0.25, 0.3) is 5.91 Å². The third-order valence-electron chi connectivity index (χ3n) is 3.43. The van der Waals surface area contributed by atoms with Gasteiger partial charge in [-0.2, -0.15) is 0 Å². The van der Waals surface area contributed by atoms with E-state index < -0.39 is 6.10 Å². The summed E-state index contributed by atoms with van der Waals surface area (Å²) < 4.78 is 18.9. The second-order valence-electron chi connectivity index (χ2n) is 5.20. The fraction of sp³-hybridized carbons (Fsp3) is 0.278. The predicted octanol–water partition coefficient (Wildman–Crippen LogP) is 4.30. The highest BCUT2D eigenvalue weighted by Gasteiger charge is 2.21. The minimum absolute atomic E-state index is 0.147. The topological polar surface area (TPSA) is 29.5 Å². The van der Waals surface area contributed by atoms with E-state index in [1.54, 1.807) is 48.2 Å². The highest BCUT2D eigenvalue weighted by molar-refractivity contribution is 6.30. The lowest BCUT2D eigenvalue weighted by Gasteiger charge is -2.25. The van der Waals surface area contributed by atoms with Crippen LogP contribution in [0.3, 0.4) is 0 Å². The molecule has 0 aromatic heterocycles. The Hall–Kier alpha value is -2.07. The second kappa shape index (κ2) is 7.97. The predicted molar refractivity (Wildman–Crippen MR) is 89.0 cm³/mol. The molecular weight excluding hydrogens is 317 g/mol. The van der Waals surface area contributed by atoms with E-state index in [1.807, 2.05) is 6.92 Å². The molecule has 0 aliphatic carbocycles. The normalized spacial score (nSPS) is 11.8. The first-order valence-electron chi connectivity index (χ1n) is 7.45. The summed E-state index contributed by atoms with van der Waals surface area (Å²) in [5, 5.41) is 0.609. The van der Waals surface area contributed by atoms with Crippen LogP contribution in [-0.4, -0.2) is 23.5 Å². The van der Waals surface area contributed by atoms with Crippen molar-refractivity contribution in [2.24, 2.45) is 0 Å². The molecule has 0 bridgehead atoms. The molecule has 1 atom stereocenters. The first-order chi connectivity index (χ1) is 11.0. The minimum Gasteiger partial charge on any atom is -0.481 e. The number of rotatable bonds is 6. The number of nitrogens with zero attached hydrogens (tertiary/aromatic N) is 1. The van der Waals surface area contributed by atoms with Crippen molar-refractivity contribution in [3.8, 4) is 5.75 Å². The highest BCUT2D eigenvalue weighted by Crippen LogP contribution is 2.18. The fourth-order valence-corrected chi connectivity index (χ4v) is 2.35. The molecule has 3 nitrogen and oxygen atoms in total. The Bertz CT molecular complexity index is 660. The zero-order valence-corrected chi connectivity index (χ0v) is 13.9. The molecule has 0 radical (unpaired) electrons. The number of ether oxygens (including phenoxy) is 1. The van der Waals surface area contributed by atoms with Gasteiger partial charge in [-0.1, -0.05) is 23.7 Å².